The molecule has 0 aliphatic rings. The molecule has 5 nitrogen and oxygen atoms in total. The molecule has 142 valence electrons. The van der Waals surface area contributed by atoms with Crippen molar-refractivity contribution in [2.45, 2.75) is 65.8 Å². The Morgan fingerprint density at radius 2 is 1.96 bits per heavy atom. The van der Waals surface area contributed by atoms with Gasteiger partial charge in [0, 0.05) is 5.54 Å². The second-order valence-corrected chi connectivity index (χ2v) is 8.63. The van der Waals surface area contributed by atoms with Crippen molar-refractivity contribution >= 4 is 22.0 Å². The van der Waals surface area contributed by atoms with Gasteiger partial charge in [-0.05, 0) is 68.1 Å². The van der Waals surface area contributed by atoms with Crippen LogP contribution in [0, 0.1) is 5.92 Å². The number of hydrogen-bond donors (Lipinski definition) is 1. The highest BCUT2D eigenvalue weighted by Gasteiger charge is 2.32. The van der Waals surface area contributed by atoms with Gasteiger partial charge in [0.05, 0.1) is 0 Å². The molecule has 0 radical (unpaired) electrons. The predicted octanol–water partition coefficient (Wildman–Crippen LogP) is 5.02. The van der Waals surface area contributed by atoms with Crippen molar-refractivity contribution in [2.75, 3.05) is 6.61 Å². The van der Waals surface area contributed by atoms with Crippen molar-refractivity contribution in [3.05, 3.63) is 22.4 Å². The van der Waals surface area contributed by atoms with Crippen LogP contribution in [0.3, 0.4) is 0 Å². The maximum Gasteiger partial charge on any atom is 0.408 e. The Kier molecular flexibility index (Phi) is 7.65. The molecule has 7 heteroatoms. The Bertz CT molecular complexity index is 590. The summed E-state index contributed by atoms with van der Waals surface area (Å²) in [4.78, 5) is 16.2. The number of rotatable bonds is 7. The van der Waals surface area contributed by atoms with Crippen molar-refractivity contribution in [3.8, 4) is 5.75 Å². The SMILES string of the molecule is CC(C)C[C@@](C)(COc1ccc(Br)nc1CF)OC(=O)NC(C)(C)C. The molecule has 0 fully saturated rings. The standard InChI is InChI=1S/C18H28BrFN2O3/c1-12(2)9-18(6,25-16(23)22-17(3,4)5)11-24-14-7-8-15(19)21-13(14)10-20/h7-8,12H,9-11H2,1-6H3,(H,22,23)/t18-/m0/s1. The maximum absolute atomic E-state index is 13.1. The summed E-state index contributed by atoms with van der Waals surface area (Å²) >= 11 is 3.21. The lowest BCUT2D eigenvalue weighted by atomic mass is 9.95. The normalized spacial score (nSPS) is 14.1. The first-order valence-corrected chi connectivity index (χ1v) is 9.09. The van der Waals surface area contributed by atoms with Crippen molar-refractivity contribution in [2.24, 2.45) is 5.92 Å². The number of carbonyl (C=O) groups excluding carboxylic acids is 1. The summed E-state index contributed by atoms with van der Waals surface area (Å²) in [5, 5.41) is 2.78. The molecule has 0 spiro atoms. The number of aromatic nitrogens is 1. The van der Waals surface area contributed by atoms with E-state index in [0.717, 1.165) is 0 Å². The van der Waals surface area contributed by atoms with Gasteiger partial charge in [-0.15, -0.1) is 0 Å². The highest BCUT2D eigenvalue weighted by Crippen LogP contribution is 2.26. The Labute approximate surface area is 157 Å². The first-order valence-electron chi connectivity index (χ1n) is 8.29. The molecule has 1 aromatic rings. The van der Waals surface area contributed by atoms with E-state index in [9.17, 15) is 9.18 Å². The number of hydrogen-bond acceptors (Lipinski definition) is 4. The van der Waals surface area contributed by atoms with E-state index in [1.165, 1.54) is 0 Å². The number of halogens is 2. The van der Waals surface area contributed by atoms with E-state index in [-0.39, 0.29) is 12.3 Å². The zero-order chi connectivity index (χ0) is 19.3. The van der Waals surface area contributed by atoms with Crippen molar-refractivity contribution < 1.29 is 18.7 Å². The highest BCUT2D eigenvalue weighted by molar-refractivity contribution is 9.10. The van der Waals surface area contributed by atoms with E-state index in [1.807, 2.05) is 41.5 Å². The molecule has 0 aromatic carbocycles. The van der Waals surface area contributed by atoms with E-state index in [4.69, 9.17) is 9.47 Å². The lowest BCUT2D eigenvalue weighted by Crippen LogP contribution is -2.47. The lowest BCUT2D eigenvalue weighted by Gasteiger charge is -2.32. The van der Waals surface area contributed by atoms with Gasteiger partial charge >= 0.3 is 6.09 Å². The minimum absolute atomic E-state index is 0.110. The van der Waals surface area contributed by atoms with E-state index in [2.05, 4.69) is 26.2 Å². The Morgan fingerprint density at radius 1 is 1.32 bits per heavy atom. The molecule has 0 unspecified atom stereocenters. The third-order valence-corrected chi connectivity index (χ3v) is 3.66. The van der Waals surface area contributed by atoms with Crippen LogP contribution in [0.4, 0.5) is 9.18 Å². The smallest absolute Gasteiger partial charge is 0.408 e. The number of nitrogens with one attached hydrogen (secondary N) is 1. The molecular weight excluding hydrogens is 391 g/mol. The molecular formula is C18H28BrFN2O3. The van der Waals surface area contributed by atoms with Crippen LogP contribution >= 0.6 is 15.9 Å². The second kappa shape index (κ2) is 8.83. The quantitative estimate of drug-likeness (QED) is 0.631. The van der Waals surface area contributed by atoms with E-state index in [0.29, 0.717) is 22.7 Å². The molecule has 1 aromatic heterocycles. The van der Waals surface area contributed by atoms with Crippen LogP contribution in [0.2, 0.25) is 0 Å². The predicted molar refractivity (Wildman–Crippen MR) is 99.5 cm³/mol. The van der Waals surface area contributed by atoms with Crippen LogP contribution in [0.15, 0.2) is 16.7 Å². The van der Waals surface area contributed by atoms with Gasteiger partial charge in [0.15, 0.2) is 0 Å². The van der Waals surface area contributed by atoms with Crippen molar-refractivity contribution in [1.82, 2.24) is 10.3 Å². The van der Waals surface area contributed by atoms with Crippen LogP contribution in [0.1, 0.15) is 53.7 Å². The molecule has 1 heterocycles. The van der Waals surface area contributed by atoms with E-state index >= 15 is 0 Å². The van der Waals surface area contributed by atoms with Gasteiger partial charge in [0.25, 0.3) is 0 Å². The molecule has 1 amide bonds. The fourth-order valence-corrected chi connectivity index (χ4v) is 2.81. The van der Waals surface area contributed by atoms with Gasteiger partial charge in [0.2, 0.25) is 0 Å². The zero-order valence-corrected chi connectivity index (χ0v) is 17.4. The van der Waals surface area contributed by atoms with E-state index in [1.54, 1.807) is 12.1 Å². The Balaban J connectivity index is 2.86. The number of nitrogens with zero attached hydrogens (tertiary/aromatic N) is 1. The topological polar surface area (TPSA) is 60.5 Å². The largest absolute Gasteiger partial charge is 0.487 e. The third-order valence-electron chi connectivity index (χ3n) is 3.21. The summed E-state index contributed by atoms with van der Waals surface area (Å²) in [5.74, 6) is 0.639. The van der Waals surface area contributed by atoms with E-state index < -0.39 is 23.9 Å². The Morgan fingerprint density at radius 3 is 2.48 bits per heavy atom. The van der Waals surface area contributed by atoms with Gasteiger partial charge in [-0.25, -0.2) is 14.2 Å². The highest BCUT2D eigenvalue weighted by atomic mass is 79.9. The summed E-state index contributed by atoms with van der Waals surface area (Å²) in [5.41, 5.74) is -1.03. The van der Waals surface area contributed by atoms with Gasteiger partial charge < -0.3 is 14.8 Å². The molecule has 1 atom stereocenters. The maximum atomic E-state index is 13.1. The summed E-state index contributed by atoms with van der Waals surface area (Å²) in [6, 6.07) is 3.33. The summed E-state index contributed by atoms with van der Waals surface area (Å²) in [6.07, 6.45) is 0.110. The first-order chi connectivity index (χ1) is 11.4. The van der Waals surface area contributed by atoms with Crippen molar-refractivity contribution in [3.63, 3.8) is 0 Å². The summed E-state index contributed by atoms with van der Waals surface area (Å²) in [6.45, 7) is 10.9. The minimum atomic E-state index is -0.843. The fourth-order valence-electron chi connectivity index (χ4n) is 2.47. The molecule has 0 bridgehead atoms. The van der Waals surface area contributed by atoms with Crippen LogP contribution in [-0.2, 0) is 11.4 Å². The van der Waals surface area contributed by atoms with Crippen LogP contribution < -0.4 is 10.1 Å². The molecule has 0 saturated heterocycles. The molecule has 0 aliphatic carbocycles. The molecule has 25 heavy (non-hydrogen) atoms. The Hall–Kier alpha value is -1.37. The van der Waals surface area contributed by atoms with Crippen molar-refractivity contribution in [1.29, 1.82) is 0 Å². The molecule has 0 saturated carbocycles. The monoisotopic (exact) mass is 418 g/mol. The fraction of sp³-hybridized carbons (Fsp3) is 0.667. The number of alkyl halides is 1. The lowest BCUT2D eigenvalue weighted by molar-refractivity contribution is -0.0253. The average Bonchev–Trinajstić information content (AvgIpc) is 2.42. The van der Waals surface area contributed by atoms with Gasteiger partial charge in [-0.3, -0.25) is 0 Å². The summed E-state index contributed by atoms with van der Waals surface area (Å²) in [7, 11) is 0. The first kappa shape index (κ1) is 21.7. The zero-order valence-electron chi connectivity index (χ0n) is 15.8. The number of pyridine rings is 1. The minimum Gasteiger partial charge on any atom is -0.487 e. The van der Waals surface area contributed by atoms with Crippen LogP contribution in [0.25, 0.3) is 0 Å². The molecule has 0 aliphatic heterocycles. The number of ether oxygens (including phenoxy) is 2. The number of carbonyl (C=O) groups is 1. The van der Waals surface area contributed by atoms with Crippen LogP contribution in [-0.4, -0.2) is 28.8 Å². The number of alkyl carbamates (subject to hydrolysis) is 1. The average molecular weight is 419 g/mol. The second-order valence-electron chi connectivity index (χ2n) is 7.81. The van der Waals surface area contributed by atoms with Gasteiger partial charge in [-0.2, -0.15) is 0 Å². The number of amides is 1. The van der Waals surface area contributed by atoms with Crippen LogP contribution in [0.5, 0.6) is 5.75 Å². The van der Waals surface area contributed by atoms with Gasteiger partial charge in [0.1, 0.15) is 34.9 Å². The summed E-state index contributed by atoms with van der Waals surface area (Å²) < 4.78 is 25.1. The van der Waals surface area contributed by atoms with Gasteiger partial charge in [-0.1, -0.05) is 13.8 Å². The third kappa shape index (κ3) is 8.03. The molecule has 1 rings (SSSR count). The molecule has 1 N–H and O–H groups in total.